The molecule has 3 aromatic carbocycles. The van der Waals surface area contributed by atoms with Crippen LogP contribution in [0.3, 0.4) is 0 Å². The maximum absolute atomic E-state index is 12.5. The van der Waals surface area contributed by atoms with E-state index in [1.165, 1.54) is 11.8 Å². The van der Waals surface area contributed by atoms with Crippen LogP contribution in [-0.2, 0) is 9.59 Å². The highest BCUT2D eigenvalue weighted by molar-refractivity contribution is 8.18. The average molecular weight is 483 g/mol. The number of carboxylic acids is 1. The van der Waals surface area contributed by atoms with E-state index in [4.69, 9.17) is 26.2 Å². The van der Waals surface area contributed by atoms with E-state index in [2.05, 4.69) is 10.3 Å². The molecule has 9 heteroatoms. The zero-order valence-corrected chi connectivity index (χ0v) is 19.1. The molecule has 3 aromatic rings. The lowest BCUT2D eigenvalue weighted by atomic mass is 10.1. The lowest BCUT2D eigenvalue weighted by Crippen LogP contribution is -2.19. The molecule has 168 valence electrons. The van der Waals surface area contributed by atoms with E-state index in [-0.39, 0.29) is 16.7 Å². The number of benzene rings is 3. The van der Waals surface area contributed by atoms with Crippen LogP contribution in [-0.4, -0.2) is 35.4 Å². The minimum atomic E-state index is -1.13. The molecule has 1 amide bonds. The second-order valence-electron chi connectivity index (χ2n) is 6.96. The van der Waals surface area contributed by atoms with Gasteiger partial charge in [-0.05, 0) is 65.4 Å². The molecule has 33 heavy (non-hydrogen) atoms. The lowest BCUT2D eigenvalue weighted by Gasteiger charge is -2.13. The van der Waals surface area contributed by atoms with Gasteiger partial charge in [-0.25, -0.2) is 9.79 Å². The second-order valence-corrected chi connectivity index (χ2v) is 8.40. The fourth-order valence-electron chi connectivity index (χ4n) is 3.20. The fourth-order valence-corrected chi connectivity index (χ4v) is 4.32. The van der Waals surface area contributed by atoms with Gasteiger partial charge in [0.05, 0.1) is 22.2 Å². The third kappa shape index (κ3) is 5.47. The van der Waals surface area contributed by atoms with E-state index in [9.17, 15) is 9.59 Å². The first-order valence-corrected chi connectivity index (χ1v) is 11.2. The molecule has 1 aliphatic heterocycles. The van der Waals surface area contributed by atoms with Crippen LogP contribution in [0.4, 0.5) is 5.69 Å². The van der Waals surface area contributed by atoms with Crippen LogP contribution in [0.15, 0.2) is 64.5 Å². The summed E-state index contributed by atoms with van der Waals surface area (Å²) in [6.45, 7) is 1.57. The minimum Gasteiger partial charge on any atom is -0.490 e. The topological polar surface area (TPSA) is 97.2 Å². The summed E-state index contributed by atoms with van der Waals surface area (Å²) in [5.41, 5.74) is 1.34. The van der Waals surface area contributed by atoms with Crippen molar-refractivity contribution in [1.29, 1.82) is 0 Å². The number of amidine groups is 1. The zero-order chi connectivity index (χ0) is 23.4. The maximum Gasteiger partial charge on any atom is 0.341 e. The molecule has 1 heterocycles. The summed E-state index contributed by atoms with van der Waals surface area (Å²) in [4.78, 5) is 28.3. The van der Waals surface area contributed by atoms with E-state index in [0.717, 1.165) is 16.5 Å². The summed E-state index contributed by atoms with van der Waals surface area (Å²) >= 11 is 7.52. The summed E-state index contributed by atoms with van der Waals surface area (Å²) in [6.07, 6.45) is 1.66. The molecule has 0 spiro atoms. The number of ether oxygens (including phenoxy) is 2. The molecule has 0 aromatic heterocycles. The van der Waals surface area contributed by atoms with Gasteiger partial charge >= 0.3 is 5.97 Å². The molecule has 0 atom stereocenters. The zero-order valence-electron chi connectivity index (χ0n) is 17.5. The highest BCUT2D eigenvalue weighted by atomic mass is 35.5. The van der Waals surface area contributed by atoms with Crippen LogP contribution in [0.5, 0.6) is 11.5 Å². The molecule has 1 fully saturated rings. The number of amides is 1. The summed E-state index contributed by atoms with van der Waals surface area (Å²) < 4.78 is 10.8. The van der Waals surface area contributed by atoms with Crippen molar-refractivity contribution in [2.75, 3.05) is 13.2 Å². The minimum absolute atomic E-state index is 0.144. The highest BCUT2D eigenvalue weighted by Gasteiger charge is 2.24. The average Bonchev–Trinajstić information content (AvgIpc) is 3.11. The van der Waals surface area contributed by atoms with E-state index in [1.54, 1.807) is 25.1 Å². The third-order valence-corrected chi connectivity index (χ3v) is 5.77. The number of hydrogen-bond donors (Lipinski definition) is 2. The van der Waals surface area contributed by atoms with Gasteiger partial charge in [0.15, 0.2) is 23.3 Å². The SMILES string of the molecule is CCOc1cc(/C=C2/SC(=Nc3ccc4ccccc4c3)NC2=O)cc(Cl)c1OCC(=O)O. The fraction of sp³-hybridized carbons (Fsp3) is 0.125. The van der Waals surface area contributed by atoms with Crippen LogP contribution >= 0.6 is 23.4 Å². The highest BCUT2D eigenvalue weighted by Crippen LogP contribution is 2.38. The largest absolute Gasteiger partial charge is 0.490 e. The molecule has 7 nitrogen and oxygen atoms in total. The van der Waals surface area contributed by atoms with Crippen molar-refractivity contribution in [3.63, 3.8) is 0 Å². The van der Waals surface area contributed by atoms with Crippen molar-refractivity contribution >= 4 is 62.9 Å². The Morgan fingerprint density at radius 2 is 1.94 bits per heavy atom. The quantitative estimate of drug-likeness (QED) is 0.446. The molecule has 4 rings (SSSR count). The molecule has 0 aliphatic carbocycles. The normalized spacial score (nSPS) is 15.8. The molecule has 0 radical (unpaired) electrons. The van der Waals surface area contributed by atoms with Crippen LogP contribution in [0.25, 0.3) is 16.8 Å². The van der Waals surface area contributed by atoms with Crippen LogP contribution < -0.4 is 14.8 Å². The Hall–Kier alpha value is -3.49. The van der Waals surface area contributed by atoms with Gasteiger partial charge in [0.25, 0.3) is 5.91 Å². The van der Waals surface area contributed by atoms with Gasteiger partial charge in [-0.3, -0.25) is 4.79 Å². The number of rotatable bonds is 7. The first-order chi connectivity index (χ1) is 15.9. The monoisotopic (exact) mass is 482 g/mol. The summed E-state index contributed by atoms with van der Waals surface area (Å²) in [7, 11) is 0. The van der Waals surface area contributed by atoms with E-state index < -0.39 is 12.6 Å². The standard InChI is InChI=1S/C24H19ClN2O5S/c1-2-31-19-10-14(9-18(25)22(19)32-13-21(28)29)11-20-23(30)27-24(33-20)26-17-8-7-15-5-3-4-6-16(15)12-17/h3-12H,2,13H2,1H3,(H,28,29)(H,26,27,30)/b20-11+. The second kappa shape index (κ2) is 9.97. The molecule has 1 aliphatic rings. The number of halogens is 1. The van der Waals surface area contributed by atoms with Crippen molar-refractivity contribution in [2.24, 2.45) is 4.99 Å². The number of thioether (sulfide) groups is 1. The predicted octanol–water partition coefficient (Wildman–Crippen LogP) is 5.25. The van der Waals surface area contributed by atoms with Crippen molar-refractivity contribution in [2.45, 2.75) is 6.92 Å². The Morgan fingerprint density at radius 3 is 2.70 bits per heavy atom. The Balaban J connectivity index is 1.59. The molecule has 0 unspecified atom stereocenters. The van der Waals surface area contributed by atoms with Gasteiger partial charge in [-0.1, -0.05) is 41.9 Å². The molecular weight excluding hydrogens is 464 g/mol. The van der Waals surface area contributed by atoms with Crippen molar-refractivity contribution in [3.05, 3.63) is 70.1 Å². The van der Waals surface area contributed by atoms with Gasteiger partial charge < -0.3 is 19.9 Å². The Bertz CT molecular complexity index is 1310. The van der Waals surface area contributed by atoms with Gasteiger partial charge in [-0.15, -0.1) is 0 Å². The van der Waals surface area contributed by atoms with E-state index in [0.29, 0.717) is 28.0 Å². The van der Waals surface area contributed by atoms with Crippen LogP contribution in [0.2, 0.25) is 5.02 Å². The first kappa shape index (κ1) is 22.7. The number of carbonyl (C=O) groups excluding carboxylic acids is 1. The van der Waals surface area contributed by atoms with Gasteiger partial charge in [-0.2, -0.15) is 0 Å². The summed E-state index contributed by atoms with van der Waals surface area (Å²) in [6, 6.07) is 17.0. The first-order valence-electron chi connectivity index (χ1n) is 10.0. The molecule has 0 saturated carbocycles. The number of aliphatic imine (C=N–C) groups is 1. The number of hydrogen-bond acceptors (Lipinski definition) is 6. The Morgan fingerprint density at radius 1 is 1.15 bits per heavy atom. The predicted molar refractivity (Wildman–Crippen MR) is 131 cm³/mol. The molecular formula is C24H19ClN2O5S. The maximum atomic E-state index is 12.5. The Kier molecular flexibility index (Phi) is 6.86. The number of nitrogens with zero attached hydrogens (tertiary/aromatic N) is 1. The number of fused-ring (bicyclic) bond motifs is 1. The van der Waals surface area contributed by atoms with Crippen LogP contribution in [0.1, 0.15) is 12.5 Å². The van der Waals surface area contributed by atoms with E-state index >= 15 is 0 Å². The van der Waals surface area contributed by atoms with Crippen molar-refractivity contribution in [3.8, 4) is 11.5 Å². The number of carbonyl (C=O) groups is 2. The number of nitrogens with one attached hydrogen (secondary N) is 1. The molecule has 2 N–H and O–H groups in total. The molecule has 1 saturated heterocycles. The van der Waals surface area contributed by atoms with Gasteiger partial charge in [0.1, 0.15) is 0 Å². The Labute approximate surface area is 199 Å². The van der Waals surface area contributed by atoms with Crippen molar-refractivity contribution < 1.29 is 24.2 Å². The van der Waals surface area contributed by atoms with E-state index in [1.807, 2.05) is 42.5 Å². The number of aliphatic carboxylic acids is 1. The summed E-state index contributed by atoms with van der Waals surface area (Å²) in [5.74, 6) is -0.964. The van der Waals surface area contributed by atoms with Gasteiger partial charge in [0.2, 0.25) is 0 Å². The smallest absolute Gasteiger partial charge is 0.341 e. The third-order valence-electron chi connectivity index (χ3n) is 4.58. The van der Waals surface area contributed by atoms with Gasteiger partial charge in [0, 0.05) is 0 Å². The van der Waals surface area contributed by atoms with Crippen molar-refractivity contribution in [1.82, 2.24) is 5.32 Å². The summed E-state index contributed by atoms with van der Waals surface area (Å²) in [5, 5.41) is 14.5. The molecule has 0 bridgehead atoms. The van der Waals surface area contributed by atoms with Crippen LogP contribution in [0, 0.1) is 0 Å². The number of carboxylic acid groups (broad SMARTS) is 1. The lowest BCUT2D eigenvalue weighted by molar-refractivity contribution is -0.139.